The summed E-state index contributed by atoms with van der Waals surface area (Å²) < 4.78 is 0. The highest BCUT2D eigenvalue weighted by atomic mass is 79.9. The third-order valence-electron chi connectivity index (χ3n) is 4.60. The molecule has 0 amide bonds. The summed E-state index contributed by atoms with van der Waals surface area (Å²) >= 11 is 0. The molecule has 1 heterocycles. The second-order valence-corrected chi connectivity index (χ2v) is 6.12. The molecule has 5 aromatic rings. The Morgan fingerprint density at radius 2 is 1.24 bits per heavy atom. The van der Waals surface area contributed by atoms with Crippen molar-refractivity contribution in [2.45, 2.75) is 0 Å². The van der Waals surface area contributed by atoms with Gasteiger partial charge in [0.15, 0.2) is 0 Å². The van der Waals surface area contributed by atoms with Crippen molar-refractivity contribution in [1.29, 1.82) is 0 Å². The van der Waals surface area contributed by atoms with Crippen molar-refractivity contribution < 1.29 is 0 Å². The Bertz CT molecular complexity index is 1200. The predicted molar refractivity (Wildman–Crippen MR) is 113 cm³/mol. The number of aromatic nitrogens is 1. The lowest BCUT2D eigenvalue weighted by atomic mass is 9.98. The second kappa shape index (κ2) is 6.30. The Morgan fingerprint density at radius 3 is 2.04 bits per heavy atom. The summed E-state index contributed by atoms with van der Waals surface area (Å²) in [5, 5.41) is 4.87. The predicted octanol–water partition coefficient (Wildman–Crippen LogP) is 6.79. The quantitative estimate of drug-likeness (QED) is 0.289. The van der Waals surface area contributed by atoms with Gasteiger partial charge in [0.1, 0.15) is 0 Å². The zero-order valence-corrected chi connectivity index (χ0v) is 15.2. The van der Waals surface area contributed by atoms with Crippen LogP contribution in [0.3, 0.4) is 0 Å². The van der Waals surface area contributed by atoms with Crippen LogP contribution in [0, 0.1) is 0 Å². The minimum Gasteiger partial charge on any atom is -0.248 e. The fourth-order valence-electron chi connectivity index (χ4n) is 3.42. The molecular formula is C23H16BrN. The highest BCUT2D eigenvalue weighted by Crippen LogP contribution is 2.31. The van der Waals surface area contributed by atoms with Crippen molar-refractivity contribution >= 4 is 49.6 Å². The second-order valence-electron chi connectivity index (χ2n) is 6.12. The van der Waals surface area contributed by atoms with Crippen molar-refractivity contribution in [2.24, 2.45) is 0 Å². The van der Waals surface area contributed by atoms with Crippen LogP contribution >= 0.6 is 17.0 Å². The number of benzene rings is 4. The molecule has 0 spiro atoms. The molecule has 1 nitrogen and oxygen atoms in total. The monoisotopic (exact) mass is 385 g/mol. The van der Waals surface area contributed by atoms with Gasteiger partial charge in [-0.2, -0.15) is 0 Å². The van der Waals surface area contributed by atoms with Gasteiger partial charge in [0.25, 0.3) is 0 Å². The van der Waals surface area contributed by atoms with E-state index in [4.69, 9.17) is 4.98 Å². The van der Waals surface area contributed by atoms with Crippen molar-refractivity contribution in [3.8, 4) is 11.1 Å². The average Bonchev–Trinajstić information content (AvgIpc) is 2.65. The van der Waals surface area contributed by atoms with E-state index in [0.717, 1.165) is 11.0 Å². The van der Waals surface area contributed by atoms with Gasteiger partial charge in [0.2, 0.25) is 0 Å². The van der Waals surface area contributed by atoms with Crippen molar-refractivity contribution in [1.82, 2.24) is 4.98 Å². The molecular weight excluding hydrogens is 370 g/mol. The molecule has 4 aromatic carbocycles. The van der Waals surface area contributed by atoms with Crippen LogP contribution in [0.5, 0.6) is 0 Å². The van der Waals surface area contributed by atoms with Crippen LogP contribution in [0.1, 0.15) is 0 Å². The van der Waals surface area contributed by atoms with Crippen LogP contribution in [0.4, 0.5) is 0 Å². The highest BCUT2D eigenvalue weighted by molar-refractivity contribution is 8.93. The third-order valence-corrected chi connectivity index (χ3v) is 4.60. The molecule has 0 saturated heterocycles. The molecule has 0 aliphatic heterocycles. The normalized spacial score (nSPS) is 10.9. The molecule has 0 radical (unpaired) electrons. The zero-order chi connectivity index (χ0) is 15.9. The van der Waals surface area contributed by atoms with Gasteiger partial charge < -0.3 is 0 Å². The first-order valence-corrected chi connectivity index (χ1v) is 8.16. The van der Waals surface area contributed by atoms with Gasteiger partial charge in [-0.05, 0) is 46.2 Å². The lowest BCUT2D eigenvalue weighted by Crippen LogP contribution is -1.86. The van der Waals surface area contributed by atoms with Crippen molar-refractivity contribution in [2.75, 3.05) is 0 Å². The molecule has 25 heavy (non-hydrogen) atoms. The molecule has 5 rings (SSSR count). The van der Waals surface area contributed by atoms with Crippen LogP contribution in [0.15, 0.2) is 91.0 Å². The van der Waals surface area contributed by atoms with E-state index in [1.54, 1.807) is 0 Å². The largest absolute Gasteiger partial charge is 0.248 e. The van der Waals surface area contributed by atoms with Gasteiger partial charge >= 0.3 is 0 Å². The number of nitrogens with zero attached hydrogens (tertiary/aromatic N) is 1. The van der Waals surface area contributed by atoms with Gasteiger partial charge in [-0.1, -0.05) is 66.7 Å². The lowest BCUT2D eigenvalue weighted by molar-refractivity contribution is 1.50. The topological polar surface area (TPSA) is 12.9 Å². The molecule has 120 valence electrons. The molecule has 2 heteroatoms. The van der Waals surface area contributed by atoms with E-state index in [1.165, 1.54) is 32.7 Å². The number of halogens is 1. The van der Waals surface area contributed by atoms with E-state index in [2.05, 4.69) is 91.0 Å². The van der Waals surface area contributed by atoms with Crippen LogP contribution in [-0.4, -0.2) is 4.98 Å². The summed E-state index contributed by atoms with van der Waals surface area (Å²) in [5.74, 6) is 0. The number of rotatable bonds is 1. The maximum atomic E-state index is 4.91. The zero-order valence-electron chi connectivity index (χ0n) is 13.5. The van der Waals surface area contributed by atoms with Gasteiger partial charge in [0.05, 0.1) is 11.0 Å². The molecule has 0 N–H and O–H groups in total. The third kappa shape index (κ3) is 2.69. The molecule has 0 aliphatic rings. The Kier molecular flexibility index (Phi) is 3.98. The average molecular weight is 386 g/mol. The van der Waals surface area contributed by atoms with Crippen molar-refractivity contribution in [3.63, 3.8) is 0 Å². The van der Waals surface area contributed by atoms with E-state index in [0.29, 0.717) is 0 Å². The Hall–Kier alpha value is -2.71. The minimum absolute atomic E-state index is 0. The molecule has 0 saturated carbocycles. The van der Waals surface area contributed by atoms with Crippen LogP contribution in [0.2, 0.25) is 0 Å². The summed E-state index contributed by atoms with van der Waals surface area (Å²) in [6.45, 7) is 0. The molecule has 0 atom stereocenters. The van der Waals surface area contributed by atoms with Crippen LogP contribution in [0.25, 0.3) is 43.7 Å². The van der Waals surface area contributed by atoms with Crippen molar-refractivity contribution in [3.05, 3.63) is 91.0 Å². The molecule has 0 bridgehead atoms. The fraction of sp³-hybridized carbons (Fsp3) is 0. The number of hydrogen-bond donors (Lipinski definition) is 0. The lowest BCUT2D eigenvalue weighted by Gasteiger charge is -2.09. The van der Waals surface area contributed by atoms with E-state index in [-0.39, 0.29) is 17.0 Å². The Balaban J connectivity index is 0.00000157. The maximum Gasteiger partial charge on any atom is 0.0716 e. The van der Waals surface area contributed by atoms with Gasteiger partial charge in [-0.15, -0.1) is 17.0 Å². The number of pyridine rings is 1. The number of hydrogen-bond acceptors (Lipinski definition) is 1. The minimum atomic E-state index is 0. The van der Waals surface area contributed by atoms with Crippen LogP contribution in [-0.2, 0) is 0 Å². The summed E-state index contributed by atoms with van der Waals surface area (Å²) in [4.78, 5) is 4.91. The molecule has 0 aliphatic carbocycles. The standard InChI is InChI=1S/C23H15N.BrH/c1-2-7-16(8-3-1)20-11-6-12-22-21(20)14-19-13-17-9-4-5-10-18(17)15-23(19)24-22;/h1-15H;1H. The Morgan fingerprint density at radius 1 is 0.520 bits per heavy atom. The summed E-state index contributed by atoms with van der Waals surface area (Å²) in [5.41, 5.74) is 4.55. The summed E-state index contributed by atoms with van der Waals surface area (Å²) in [6, 6.07) is 32.0. The van der Waals surface area contributed by atoms with Gasteiger partial charge in [-0.25, -0.2) is 4.98 Å². The Labute approximate surface area is 156 Å². The maximum absolute atomic E-state index is 4.91. The summed E-state index contributed by atoms with van der Waals surface area (Å²) in [7, 11) is 0. The van der Waals surface area contributed by atoms with E-state index >= 15 is 0 Å². The van der Waals surface area contributed by atoms with Gasteiger partial charge in [0, 0.05) is 10.8 Å². The molecule has 0 fully saturated rings. The number of fused-ring (bicyclic) bond motifs is 3. The first-order chi connectivity index (χ1) is 11.9. The SMILES string of the molecule is Br.c1ccc(-c2cccc3nc4cc5ccccc5cc4cc23)cc1. The first-order valence-electron chi connectivity index (χ1n) is 8.16. The van der Waals surface area contributed by atoms with Gasteiger partial charge in [-0.3, -0.25) is 0 Å². The summed E-state index contributed by atoms with van der Waals surface area (Å²) in [6.07, 6.45) is 0. The smallest absolute Gasteiger partial charge is 0.0716 e. The first kappa shape index (κ1) is 15.8. The fourth-order valence-corrected chi connectivity index (χ4v) is 3.42. The van der Waals surface area contributed by atoms with E-state index < -0.39 is 0 Å². The van der Waals surface area contributed by atoms with Crippen LogP contribution < -0.4 is 0 Å². The molecule has 0 unspecified atom stereocenters. The highest BCUT2D eigenvalue weighted by Gasteiger charge is 2.07. The molecule has 1 aromatic heterocycles. The van der Waals surface area contributed by atoms with E-state index in [9.17, 15) is 0 Å². The van der Waals surface area contributed by atoms with E-state index in [1.807, 2.05) is 0 Å².